The number of H-pyrrole nitrogens is 1. The summed E-state index contributed by atoms with van der Waals surface area (Å²) in [7, 11) is 0. The highest BCUT2D eigenvalue weighted by Gasteiger charge is 2.19. The van der Waals surface area contributed by atoms with E-state index in [-0.39, 0.29) is 0 Å². The molecule has 1 aromatic carbocycles. The Bertz CT molecular complexity index is 641. The molecule has 0 atom stereocenters. The molecule has 1 aromatic heterocycles. The van der Waals surface area contributed by atoms with Gasteiger partial charge in [0.15, 0.2) is 0 Å². The van der Waals surface area contributed by atoms with Crippen LogP contribution in [-0.4, -0.2) is 9.97 Å². The van der Waals surface area contributed by atoms with Crippen LogP contribution in [0.3, 0.4) is 0 Å². The molecule has 0 spiro atoms. The number of hydrogen-bond acceptors (Lipinski definition) is 2. The van der Waals surface area contributed by atoms with E-state index in [0.29, 0.717) is 4.64 Å². The Labute approximate surface area is 118 Å². The van der Waals surface area contributed by atoms with Crippen molar-refractivity contribution in [2.45, 2.75) is 38.5 Å². The van der Waals surface area contributed by atoms with E-state index in [1.807, 2.05) is 6.07 Å². The molecule has 19 heavy (non-hydrogen) atoms. The lowest BCUT2D eigenvalue weighted by molar-refractivity contribution is 0.420. The van der Waals surface area contributed by atoms with Crippen LogP contribution in [0.15, 0.2) is 30.3 Å². The van der Waals surface area contributed by atoms with Gasteiger partial charge in [-0.1, -0.05) is 43.8 Å². The quantitative estimate of drug-likeness (QED) is 0.823. The SMILES string of the molecule is CCc1nc(=S)cc(-c2cccc(C3CCC3)c2)[nH]1. The number of nitrogens with one attached hydrogen (secondary N) is 1. The fourth-order valence-corrected chi connectivity index (χ4v) is 2.76. The molecule has 3 heteroatoms. The molecule has 1 aliphatic carbocycles. The lowest BCUT2D eigenvalue weighted by Gasteiger charge is -2.26. The fourth-order valence-electron chi connectivity index (χ4n) is 2.53. The summed E-state index contributed by atoms with van der Waals surface area (Å²) in [5.74, 6) is 1.71. The number of hydrogen-bond donors (Lipinski definition) is 1. The molecule has 0 saturated heterocycles. The molecule has 2 nitrogen and oxygen atoms in total. The molecule has 0 unspecified atom stereocenters. The number of aromatic amines is 1. The maximum atomic E-state index is 5.24. The van der Waals surface area contributed by atoms with Crippen LogP contribution in [0.1, 0.15) is 43.5 Å². The molecular formula is C16H18N2S. The Balaban J connectivity index is 2.01. The third-order valence-corrected chi connectivity index (χ3v) is 4.11. The maximum absolute atomic E-state index is 5.24. The van der Waals surface area contributed by atoms with E-state index in [1.54, 1.807) is 0 Å². The normalized spacial score (nSPS) is 15.2. The highest BCUT2D eigenvalue weighted by Crippen LogP contribution is 2.37. The van der Waals surface area contributed by atoms with Crippen LogP contribution >= 0.6 is 12.2 Å². The minimum Gasteiger partial charge on any atom is -0.343 e. The van der Waals surface area contributed by atoms with E-state index in [1.165, 1.54) is 30.4 Å². The molecule has 0 bridgehead atoms. The van der Waals surface area contributed by atoms with Gasteiger partial charge in [0.1, 0.15) is 10.5 Å². The monoisotopic (exact) mass is 270 g/mol. The molecule has 1 heterocycles. The number of benzene rings is 1. The van der Waals surface area contributed by atoms with Crippen LogP contribution < -0.4 is 0 Å². The molecule has 1 fully saturated rings. The van der Waals surface area contributed by atoms with Gasteiger partial charge in [-0.3, -0.25) is 0 Å². The molecule has 1 N–H and O–H groups in total. The first-order chi connectivity index (χ1) is 9.26. The first-order valence-corrected chi connectivity index (χ1v) is 7.37. The smallest absolute Gasteiger partial charge is 0.130 e. The van der Waals surface area contributed by atoms with E-state index in [4.69, 9.17) is 12.2 Å². The van der Waals surface area contributed by atoms with Gasteiger partial charge in [-0.25, -0.2) is 4.98 Å². The van der Waals surface area contributed by atoms with Gasteiger partial charge in [0.05, 0.1) is 0 Å². The Kier molecular flexibility index (Phi) is 3.47. The van der Waals surface area contributed by atoms with Crippen molar-refractivity contribution in [2.24, 2.45) is 0 Å². The number of aryl methyl sites for hydroxylation is 1. The summed E-state index contributed by atoms with van der Waals surface area (Å²) in [5, 5.41) is 0. The minimum atomic E-state index is 0.666. The van der Waals surface area contributed by atoms with Crippen molar-refractivity contribution < 1.29 is 0 Å². The molecular weight excluding hydrogens is 252 g/mol. The fraction of sp³-hybridized carbons (Fsp3) is 0.375. The van der Waals surface area contributed by atoms with Gasteiger partial charge in [0.2, 0.25) is 0 Å². The largest absolute Gasteiger partial charge is 0.343 e. The zero-order valence-corrected chi connectivity index (χ0v) is 12.0. The van der Waals surface area contributed by atoms with Crippen molar-refractivity contribution in [2.75, 3.05) is 0 Å². The van der Waals surface area contributed by atoms with Crippen LogP contribution in [0.2, 0.25) is 0 Å². The Morgan fingerprint density at radius 2 is 2.16 bits per heavy atom. The zero-order chi connectivity index (χ0) is 13.2. The molecule has 1 saturated carbocycles. The van der Waals surface area contributed by atoms with Crippen molar-refractivity contribution in [3.8, 4) is 11.3 Å². The second kappa shape index (κ2) is 5.25. The first-order valence-electron chi connectivity index (χ1n) is 6.97. The average molecular weight is 270 g/mol. The number of aromatic nitrogens is 2. The first kappa shape index (κ1) is 12.5. The summed E-state index contributed by atoms with van der Waals surface area (Å²) in [5.41, 5.74) is 3.75. The standard InChI is InChI=1S/C16H18N2S/c1-2-15-17-14(10-16(19)18-15)13-8-4-7-12(9-13)11-5-3-6-11/h4,7-11H,2-3,5-6H2,1H3,(H,17,18,19). The minimum absolute atomic E-state index is 0.666. The predicted octanol–water partition coefficient (Wildman–Crippen LogP) is 4.64. The van der Waals surface area contributed by atoms with Gasteiger partial charge < -0.3 is 4.98 Å². The Morgan fingerprint density at radius 1 is 1.32 bits per heavy atom. The van der Waals surface area contributed by atoms with Crippen LogP contribution in [0, 0.1) is 4.64 Å². The predicted molar refractivity (Wildman–Crippen MR) is 80.8 cm³/mol. The summed E-state index contributed by atoms with van der Waals surface area (Å²) in [4.78, 5) is 7.70. The highest BCUT2D eigenvalue weighted by atomic mass is 32.1. The van der Waals surface area contributed by atoms with Crippen molar-refractivity contribution in [3.63, 3.8) is 0 Å². The molecule has 2 aromatic rings. The molecule has 1 aliphatic rings. The molecule has 98 valence electrons. The van der Waals surface area contributed by atoms with E-state index < -0.39 is 0 Å². The summed E-state index contributed by atoms with van der Waals surface area (Å²) in [6, 6.07) is 10.8. The molecule has 0 radical (unpaired) electrons. The van der Waals surface area contributed by atoms with Crippen LogP contribution in [0.4, 0.5) is 0 Å². The molecule has 0 amide bonds. The lowest BCUT2D eigenvalue weighted by Crippen LogP contribution is -2.08. The van der Waals surface area contributed by atoms with E-state index >= 15 is 0 Å². The lowest BCUT2D eigenvalue weighted by atomic mass is 9.79. The van der Waals surface area contributed by atoms with Gasteiger partial charge in [-0.15, -0.1) is 0 Å². The van der Waals surface area contributed by atoms with Crippen molar-refractivity contribution in [3.05, 3.63) is 46.4 Å². The van der Waals surface area contributed by atoms with Crippen molar-refractivity contribution >= 4 is 12.2 Å². The van der Waals surface area contributed by atoms with Gasteiger partial charge in [-0.05, 0) is 42.0 Å². The topological polar surface area (TPSA) is 28.7 Å². The molecule has 0 aliphatic heterocycles. The highest BCUT2D eigenvalue weighted by molar-refractivity contribution is 7.71. The molecule has 3 rings (SSSR count). The summed E-state index contributed by atoms with van der Waals surface area (Å²) < 4.78 is 0.666. The Hall–Kier alpha value is -1.48. The average Bonchev–Trinajstić information content (AvgIpc) is 2.36. The number of nitrogens with zero attached hydrogens (tertiary/aromatic N) is 1. The van der Waals surface area contributed by atoms with E-state index in [2.05, 4.69) is 41.2 Å². The van der Waals surface area contributed by atoms with Gasteiger partial charge in [-0.2, -0.15) is 0 Å². The zero-order valence-electron chi connectivity index (χ0n) is 11.1. The third-order valence-electron chi connectivity index (χ3n) is 3.90. The van der Waals surface area contributed by atoms with Crippen LogP contribution in [0.25, 0.3) is 11.3 Å². The summed E-state index contributed by atoms with van der Waals surface area (Å²) in [6.07, 6.45) is 4.90. The van der Waals surface area contributed by atoms with Gasteiger partial charge in [0.25, 0.3) is 0 Å². The summed E-state index contributed by atoms with van der Waals surface area (Å²) >= 11 is 5.24. The van der Waals surface area contributed by atoms with E-state index in [9.17, 15) is 0 Å². The van der Waals surface area contributed by atoms with Crippen molar-refractivity contribution in [1.82, 2.24) is 9.97 Å². The second-order valence-electron chi connectivity index (χ2n) is 5.19. The van der Waals surface area contributed by atoms with Crippen LogP contribution in [-0.2, 0) is 6.42 Å². The van der Waals surface area contributed by atoms with Crippen molar-refractivity contribution in [1.29, 1.82) is 0 Å². The second-order valence-corrected chi connectivity index (χ2v) is 5.60. The van der Waals surface area contributed by atoms with E-state index in [0.717, 1.165) is 23.9 Å². The maximum Gasteiger partial charge on any atom is 0.130 e. The number of rotatable bonds is 3. The van der Waals surface area contributed by atoms with Gasteiger partial charge in [0, 0.05) is 12.1 Å². The summed E-state index contributed by atoms with van der Waals surface area (Å²) in [6.45, 7) is 2.09. The van der Waals surface area contributed by atoms with Gasteiger partial charge >= 0.3 is 0 Å². The van der Waals surface area contributed by atoms with Crippen LogP contribution in [0.5, 0.6) is 0 Å². The Morgan fingerprint density at radius 3 is 2.84 bits per heavy atom. The third kappa shape index (κ3) is 2.61.